The van der Waals surface area contributed by atoms with Gasteiger partial charge in [-0.1, -0.05) is 0 Å². The molecule has 0 fully saturated rings. The number of furan rings is 1. The lowest BCUT2D eigenvalue weighted by atomic mass is 10.2. The van der Waals surface area contributed by atoms with Gasteiger partial charge in [0, 0.05) is 18.1 Å². The van der Waals surface area contributed by atoms with E-state index in [9.17, 15) is 4.79 Å². The van der Waals surface area contributed by atoms with Crippen LogP contribution in [-0.4, -0.2) is 33.0 Å². The highest BCUT2D eigenvalue weighted by Crippen LogP contribution is 2.20. The SMILES string of the molecule is O=C(c1ccoc1)N1Cc2cccn2C[C@@H](Oc2cccnc2)C1. The van der Waals surface area contributed by atoms with E-state index in [0.717, 1.165) is 5.69 Å². The highest BCUT2D eigenvalue weighted by Gasteiger charge is 2.27. The van der Waals surface area contributed by atoms with Crippen molar-refractivity contribution in [2.45, 2.75) is 19.2 Å². The molecule has 0 bridgehead atoms. The van der Waals surface area contributed by atoms with Gasteiger partial charge in [0.1, 0.15) is 18.1 Å². The Bertz CT molecular complexity index is 811. The molecule has 0 radical (unpaired) electrons. The number of carbonyl (C=O) groups excluding carboxylic acids is 1. The van der Waals surface area contributed by atoms with Crippen molar-refractivity contribution in [3.05, 3.63) is 72.7 Å². The number of pyridine rings is 1. The average Bonchev–Trinajstić information content (AvgIpc) is 3.24. The predicted molar refractivity (Wildman–Crippen MR) is 86.5 cm³/mol. The third-order valence-corrected chi connectivity index (χ3v) is 4.09. The van der Waals surface area contributed by atoms with Crippen molar-refractivity contribution < 1.29 is 13.9 Å². The molecule has 0 saturated carbocycles. The molecule has 0 aromatic carbocycles. The quantitative estimate of drug-likeness (QED) is 0.743. The number of aromatic nitrogens is 2. The Hall–Kier alpha value is -3.02. The third-order valence-electron chi connectivity index (χ3n) is 4.09. The first-order chi connectivity index (χ1) is 11.8. The molecule has 3 aromatic rings. The molecule has 4 rings (SSSR count). The molecule has 6 heteroatoms. The van der Waals surface area contributed by atoms with Gasteiger partial charge in [-0.2, -0.15) is 0 Å². The zero-order valence-corrected chi connectivity index (χ0v) is 13.0. The molecular formula is C18H17N3O3. The highest BCUT2D eigenvalue weighted by molar-refractivity contribution is 5.93. The van der Waals surface area contributed by atoms with Crippen LogP contribution in [0.25, 0.3) is 0 Å². The Morgan fingerprint density at radius 1 is 1.25 bits per heavy atom. The Kier molecular flexibility index (Phi) is 3.78. The van der Waals surface area contributed by atoms with Crippen molar-refractivity contribution in [1.29, 1.82) is 0 Å². The van der Waals surface area contributed by atoms with Crippen LogP contribution in [-0.2, 0) is 13.1 Å². The minimum Gasteiger partial charge on any atom is -0.485 e. The second-order valence-corrected chi connectivity index (χ2v) is 5.78. The maximum absolute atomic E-state index is 12.7. The summed E-state index contributed by atoms with van der Waals surface area (Å²) in [4.78, 5) is 18.6. The van der Waals surface area contributed by atoms with Crippen LogP contribution < -0.4 is 4.74 Å². The molecule has 1 aliphatic heterocycles. The van der Waals surface area contributed by atoms with Gasteiger partial charge in [-0.05, 0) is 30.3 Å². The molecule has 6 nitrogen and oxygen atoms in total. The Morgan fingerprint density at radius 2 is 2.21 bits per heavy atom. The van der Waals surface area contributed by atoms with Gasteiger partial charge in [0.05, 0.1) is 37.7 Å². The Morgan fingerprint density at radius 3 is 3.00 bits per heavy atom. The Labute approximate surface area is 139 Å². The van der Waals surface area contributed by atoms with Gasteiger partial charge < -0.3 is 18.6 Å². The number of nitrogens with zero attached hydrogens (tertiary/aromatic N) is 3. The zero-order valence-electron chi connectivity index (χ0n) is 13.0. The van der Waals surface area contributed by atoms with Crippen LogP contribution in [0, 0.1) is 0 Å². The zero-order chi connectivity index (χ0) is 16.4. The lowest BCUT2D eigenvalue weighted by Gasteiger charge is -2.24. The number of hydrogen-bond acceptors (Lipinski definition) is 4. The van der Waals surface area contributed by atoms with Crippen LogP contribution in [0.2, 0.25) is 0 Å². The van der Waals surface area contributed by atoms with Crippen LogP contribution in [0.5, 0.6) is 5.75 Å². The van der Waals surface area contributed by atoms with Crippen molar-refractivity contribution in [2.24, 2.45) is 0 Å². The van der Waals surface area contributed by atoms with E-state index in [0.29, 0.717) is 30.9 Å². The van der Waals surface area contributed by atoms with E-state index < -0.39 is 0 Å². The monoisotopic (exact) mass is 323 g/mol. The molecule has 122 valence electrons. The molecule has 0 N–H and O–H groups in total. The van der Waals surface area contributed by atoms with Crippen molar-refractivity contribution >= 4 is 5.91 Å². The van der Waals surface area contributed by atoms with Gasteiger partial charge in [-0.3, -0.25) is 9.78 Å². The first-order valence-corrected chi connectivity index (χ1v) is 7.82. The van der Waals surface area contributed by atoms with Gasteiger partial charge in [-0.25, -0.2) is 0 Å². The van der Waals surface area contributed by atoms with Crippen molar-refractivity contribution in [3.63, 3.8) is 0 Å². The Balaban J connectivity index is 1.60. The molecule has 24 heavy (non-hydrogen) atoms. The van der Waals surface area contributed by atoms with E-state index in [2.05, 4.69) is 9.55 Å². The van der Waals surface area contributed by atoms with E-state index in [-0.39, 0.29) is 12.0 Å². The fourth-order valence-electron chi connectivity index (χ4n) is 2.96. The standard InChI is InChI=1S/C18H17N3O3/c22-18(14-5-8-23-13-14)21-10-15-3-2-7-20(15)11-17(12-21)24-16-4-1-6-19-9-16/h1-9,13,17H,10-12H2/t17-/m1/s1. The van der Waals surface area contributed by atoms with Gasteiger partial charge >= 0.3 is 0 Å². The van der Waals surface area contributed by atoms with Gasteiger partial charge in [0.25, 0.3) is 5.91 Å². The second-order valence-electron chi connectivity index (χ2n) is 5.78. The number of rotatable bonds is 3. The van der Waals surface area contributed by atoms with Crippen molar-refractivity contribution in [1.82, 2.24) is 14.5 Å². The van der Waals surface area contributed by atoms with E-state index >= 15 is 0 Å². The largest absolute Gasteiger partial charge is 0.485 e. The summed E-state index contributed by atoms with van der Waals surface area (Å²) in [6, 6.07) is 9.41. The lowest BCUT2D eigenvalue weighted by Crippen LogP contribution is -2.38. The molecule has 0 spiro atoms. The summed E-state index contributed by atoms with van der Waals surface area (Å²) in [5, 5.41) is 0. The maximum atomic E-state index is 12.7. The first-order valence-electron chi connectivity index (χ1n) is 7.82. The van der Waals surface area contributed by atoms with Gasteiger partial charge in [0.15, 0.2) is 0 Å². The lowest BCUT2D eigenvalue weighted by molar-refractivity contribution is 0.0651. The fraction of sp³-hybridized carbons (Fsp3) is 0.222. The summed E-state index contributed by atoms with van der Waals surface area (Å²) >= 11 is 0. The van der Waals surface area contributed by atoms with Crippen molar-refractivity contribution in [2.75, 3.05) is 6.54 Å². The minimum atomic E-state index is -0.154. The smallest absolute Gasteiger partial charge is 0.257 e. The molecule has 1 atom stereocenters. The van der Waals surface area contributed by atoms with Gasteiger partial charge in [0.2, 0.25) is 0 Å². The first kappa shape index (κ1) is 14.6. The molecule has 0 unspecified atom stereocenters. The number of amides is 1. The van der Waals surface area contributed by atoms with Crippen LogP contribution >= 0.6 is 0 Å². The van der Waals surface area contributed by atoms with Gasteiger partial charge in [-0.15, -0.1) is 0 Å². The van der Waals surface area contributed by atoms with Crippen LogP contribution in [0.4, 0.5) is 0 Å². The molecule has 3 aromatic heterocycles. The summed E-state index contributed by atoms with van der Waals surface area (Å²) in [5.41, 5.74) is 1.64. The van der Waals surface area contributed by atoms with Crippen LogP contribution in [0.15, 0.2) is 65.9 Å². The summed E-state index contributed by atoms with van der Waals surface area (Å²) < 4.78 is 13.2. The van der Waals surface area contributed by atoms with E-state index in [1.807, 2.05) is 30.5 Å². The number of hydrogen-bond donors (Lipinski definition) is 0. The predicted octanol–water partition coefficient (Wildman–Crippen LogP) is 2.58. The number of ether oxygens (including phenoxy) is 1. The number of fused-ring (bicyclic) bond motifs is 1. The summed E-state index contributed by atoms with van der Waals surface area (Å²) in [6.45, 7) is 1.73. The topological polar surface area (TPSA) is 60.5 Å². The van der Waals surface area contributed by atoms with E-state index in [4.69, 9.17) is 9.15 Å². The minimum absolute atomic E-state index is 0.0572. The van der Waals surface area contributed by atoms with Crippen LogP contribution in [0.3, 0.4) is 0 Å². The average molecular weight is 323 g/mol. The number of carbonyl (C=O) groups is 1. The molecular weight excluding hydrogens is 306 g/mol. The van der Waals surface area contributed by atoms with Crippen LogP contribution in [0.1, 0.15) is 16.1 Å². The molecule has 1 aliphatic rings. The highest BCUT2D eigenvalue weighted by atomic mass is 16.5. The van der Waals surface area contributed by atoms with E-state index in [1.165, 1.54) is 12.5 Å². The summed E-state index contributed by atoms with van der Waals surface area (Å²) in [5.74, 6) is 0.645. The van der Waals surface area contributed by atoms with Crippen molar-refractivity contribution in [3.8, 4) is 5.75 Å². The molecule has 1 amide bonds. The summed E-state index contributed by atoms with van der Waals surface area (Å²) in [6.07, 6.45) is 8.24. The molecule has 0 aliphatic carbocycles. The second kappa shape index (κ2) is 6.23. The normalized spacial score (nSPS) is 17.2. The molecule has 0 saturated heterocycles. The third kappa shape index (κ3) is 2.90. The maximum Gasteiger partial charge on any atom is 0.257 e. The molecule has 4 heterocycles. The van der Waals surface area contributed by atoms with E-state index in [1.54, 1.807) is 23.4 Å². The summed E-state index contributed by atoms with van der Waals surface area (Å²) in [7, 11) is 0. The fourth-order valence-corrected chi connectivity index (χ4v) is 2.96.